The molecule has 2 aromatic carbocycles. The number of alkyl halides is 2. The van der Waals surface area contributed by atoms with Gasteiger partial charge in [-0.25, -0.2) is 0 Å². The summed E-state index contributed by atoms with van der Waals surface area (Å²) in [6.07, 6.45) is 0. The zero-order chi connectivity index (χ0) is 15.0. The van der Waals surface area contributed by atoms with Crippen LogP contribution in [0.2, 0.25) is 5.02 Å². The Balaban J connectivity index is 1.79. The van der Waals surface area contributed by atoms with E-state index in [1.54, 1.807) is 24.3 Å². The lowest BCUT2D eigenvalue weighted by Crippen LogP contribution is -2.17. The molecule has 1 fully saturated rings. The fourth-order valence-electron chi connectivity index (χ4n) is 2.50. The van der Waals surface area contributed by atoms with Crippen molar-refractivity contribution in [1.82, 2.24) is 0 Å². The van der Waals surface area contributed by atoms with E-state index in [2.05, 4.69) is 5.32 Å². The van der Waals surface area contributed by atoms with Crippen LogP contribution in [-0.4, -0.2) is 10.2 Å². The zero-order valence-corrected chi connectivity index (χ0v) is 13.2. The lowest BCUT2D eigenvalue weighted by Gasteiger charge is -2.06. The lowest BCUT2D eigenvalue weighted by atomic mass is 10.1. The van der Waals surface area contributed by atoms with Crippen LogP contribution in [0.15, 0.2) is 54.6 Å². The van der Waals surface area contributed by atoms with E-state index in [0.29, 0.717) is 10.7 Å². The third-order valence-corrected chi connectivity index (χ3v) is 4.90. The van der Waals surface area contributed by atoms with Crippen LogP contribution in [0.5, 0.6) is 0 Å². The average molecular weight is 341 g/mol. The minimum absolute atomic E-state index is 0.204. The number of amides is 1. The Bertz CT molecular complexity index is 672. The van der Waals surface area contributed by atoms with Crippen molar-refractivity contribution in [3.8, 4) is 0 Å². The molecule has 108 valence electrons. The molecule has 0 spiro atoms. The van der Waals surface area contributed by atoms with Gasteiger partial charge >= 0.3 is 0 Å². The first kappa shape index (κ1) is 14.7. The van der Waals surface area contributed by atoms with E-state index in [1.165, 1.54) is 0 Å². The molecule has 1 aliphatic rings. The quantitative estimate of drug-likeness (QED) is 0.794. The van der Waals surface area contributed by atoms with E-state index < -0.39 is 10.3 Å². The Hall–Kier alpha value is -1.22. The SMILES string of the molecule is O=C(Nc1ccccc1Cl)[C@@H]1[C@H](c2ccccc2)C1(Cl)Cl. The molecule has 3 rings (SSSR count). The Labute approximate surface area is 138 Å². The molecule has 0 heterocycles. The molecule has 21 heavy (non-hydrogen) atoms. The average Bonchev–Trinajstić information content (AvgIpc) is 3.05. The number of hydrogen-bond donors (Lipinski definition) is 1. The highest BCUT2D eigenvalue weighted by Crippen LogP contribution is 2.65. The molecule has 0 unspecified atom stereocenters. The molecule has 2 aromatic rings. The summed E-state index contributed by atoms with van der Waals surface area (Å²) in [5, 5.41) is 3.27. The number of carbonyl (C=O) groups excluding carboxylic acids is 1. The molecule has 2 atom stereocenters. The van der Waals surface area contributed by atoms with Crippen LogP contribution in [0.3, 0.4) is 0 Å². The van der Waals surface area contributed by atoms with Crippen molar-refractivity contribution in [3.63, 3.8) is 0 Å². The van der Waals surface area contributed by atoms with E-state index >= 15 is 0 Å². The second-order valence-electron chi connectivity index (χ2n) is 5.01. The van der Waals surface area contributed by atoms with E-state index in [4.69, 9.17) is 34.8 Å². The van der Waals surface area contributed by atoms with E-state index in [9.17, 15) is 4.79 Å². The predicted molar refractivity (Wildman–Crippen MR) is 87.2 cm³/mol. The van der Waals surface area contributed by atoms with Gasteiger partial charge in [0.2, 0.25) is 5.91 Å². The summed E-state index contributed by atoms with van der Waals surface area (Å²) in [6.45, 7) is 0. The van der Waals surface area contributed by atoms with Gasteiger partial charge < -0.3 is 5.32 Å². The maximum absolute atomic E-state index is 12.4. The van der Waals surface area contributed by atoms with E-state index in [0.717, 1.165) is 5.56 Å². The van der Waals surface area contributed by atoms with Gasteiger partial charge in [-0.05, 0) is 17.7 Å². The van der Waals surface area contributed by atoms with Gasteiger partial charge in [0, 0.05) is 5.92 Å². The minimum Gasteiger partial charge on any atom is -0.324 e. The van der Waals surface area contributed by atoms with Gasteiger partial charge in [-0.3, -0.25) is 4.79 Å². The van der Waals surface area contributed by atoms with Gasteiger partial charge in [0.25, 0.3) is 0 Å². The number of benzene rings is 2. The highest BCUT2D eigenvalue weighted by atomic mass is 35.5. The van der Waals surface area contributed by atoms with Crippen molar-refractivity contribution in [3.05, 3.63) is 65.2 Å². The Morgan fingerprint density at radius 2 is 1.62 bits per heavy atom. The van der Waals surface area contributed by atoms with E-state index in [1.807, 2.05) is 30.3 Å². The molecule has 5 heteroatoms. The molecule has 0 bridgehead atoms. The number of carbonyl (C=O) groups is 1. The molecular weight excluding hydrogens is 329 g/mol. The predicted octanol–water partition coefficient (Wildman–Crippen LogP) is 4.87. The first-order chi connectivity index (χ1) is 10.0. The smallest absolute Gasteiger partial charge is 0.231 e. The monoisotopic (exact) mass is 339 g/mol. The molecule has 0 aromatic heterocycles. The first-order valence-electron chi connectivity index (χ1n) is 6.50. The van der Waals surface area contributed by atoms with Crippen LogP contribution in [0.1, 0.15) is 11.5 Å². The van der Waals surface area contributed by atoms with Crippen molar-refractivity contribution in [1.29, 1.82) is 0 Å². The lowest BCUT2D eigenvalue weighted by molar-refractivity contribution is -0.117. The summed E-state index contributed by atoms with van der Waals surface area (Å²) in [4.78, 5) is 12.4. The molecule has 1 N–H and O–H groups in total. The van der Waals surface area contributed by atoms with Crippen LogP contribution in [0.4, 0.5) is 5.69 Å². The number of rotatable bonds is 3. The number of nitrogens with one attached hydrogen (secondary N) is 1. The molecule has 0 saturated heterocycles. The second-order valence-corrected chi connectivity index (χ2v) is 6.86. The maximum atomic E-state index is 12.4. The highest BCUT2D eigenvalue weighted by Gasteiger charge is 2.67. The zero-order valence-electron chi connectivity index (χ0n) is 10.9. The van der Waals surface area contributed by atoms with Gasteiger partial charge in [0.05, 0.1) is 16.6 Å². The molecule has 1 aliphatic carbocycles. The topological polar surface area (TPSA) is 29.1 Å². The summed E-state index contributed by atoms with van der Waals surface area (Å²) in [5.41, 5.74) is 1.52. The van der Waals surface area contributed by atoms with Gasteiger partial charge in [-0.15, -0.1) is 23.2 Å². The van der Waals surface area contributed by atoms with Crippen molar-refractivity contribution in [2.24, 2.45) is 5.92 Å². The van der Waals surface area contributed by atoms with Crippen molar-refractivity contribution < 1.29 is 4.79 Å². The van der Waals surface area contributed by atoms with Gasteiger partial charge in [0.1, 0.15) is 4.33 Å². The minimum atomic E-state index is -1.08. The molecule has 0 radical (unpaired) electrons. The number of hydrogen-bond acceptors (Lipinski definition) is 1. The number of para-hydroxylation sites is 1. The Kier molecular flexibility index (Phi) is 3.87. The van der Waals surface area contributed by atoms with Crippen molar-refractivity contribution >= 4 is 46.4 Å². The van der Waals surface area contributed by atoms with Crippen LogP contribution >= 0.6 is 34.8 Å². The third-order valence-electron chi connectivity index (χ3n) is 3.63. The standard InChI is InChI=1S/C16H12Cl3NO/c17-11-8-4-5-9-12(11)20-15(21)14-13(16(14,18)19)10-6-2-1-3-7-10/h1-9,13-14H,(H,20,21)/t13-,14-/m0/s1. The summed E-state index contributed by atoms with van der Waals surface area (Å²) in [6, 6.07) is 16.6. The number of anilines is 1. The van der Waals surface area contributed by atoms with Crippen LogP contribution in [0.25, 0.3) is 0 Å². The number of halogens is 3. The summed E-state index contributed by atoms with van der Waals surface area (Å²) < 4.78 is -1.08. The van der Waals surface area contributed by atoms with Crippen LogP contribution in [0, 0.1) is 5.92 Å². The van der Waals surface area contributed by atoms with E-state index in [-0.39, 0.29) is 11.8 Å². The fraction of sp³-hybridized carbons (Fsp3) is 0.188. The largest absolute Gasteiger partial charge is 0.324 e. The molecule has 1 amide bonds. The molecule has 2 nitrogen and oxygen atoms in total. The Morgan fingerprint density at radius 1 is 1.00 bits per heavy atom. The molecule has 0 aliphatic heterocycles. The molecule has 1 saturated carbocycles. The van der Waals surface area contributed by atoms with Gasteiger partial charge in [0.15, 0.2) is 0 Å². The maximum Gasteiger partial charge on any atom is 0.231 e. The summed E-state index contributed by atoms with van der Waals surface area (Å²) in [7, 11) is 0. The Morgan fingerprint density at radius 3 is 2.29 bits per heavy atom. The first-order valence-corrected chi connectivity index (χ1v) is 7.63. The van der Waals surface area contributed by atoms with Crippen molar-refractivity contribution in [2.45, 2.75) is 10.3 Å². The second kappa shape index (κ2) is 5.53. The van der Waals surface area contributed by atoms with Gasteiger partial charge in [-0.1, -0.05) is 54.1 Å². The fourth-order valence-corrected chi connectivity index (χ4v) is 3.51. The van der Waals surface area contributed by atoms with Crippen LogP contribution < -0.4 is 5.32 Å². The summed E-state index contributed by atoms with van der Waals surface area (Å²) in [5.74, 6) is -0.911. The third kappa shape index (κ3) is 2.76. The summed E-state index contributed by atoms with van der Waals surface area (Å²) >= 11 is 18.6. The highest BCUT2D eigenvalue weighted by molar-refractivity contribution is 6.53. The van der Waals surface area contributed by atoms with Crippen LogP contribution in [-0.2, 0) is 4.79 Å². The van der Waals surface area contributed by atoms with Crippen molar-refractivity contribution in [2.75, 3.05) is 5.32 Å². The molecular formula is C16H12Cl3NO. The van der Waals surface area contributed by atoms with Gasteiger partial charge in [-0.2, -0.15) is 0 Å². The normalized spacial score (nSPS) is 22.6.